The van der Waals surface area contributed by atoms with Crippen molar-refractivity contribution >= 4 is 25.6 Å². The number of amides is 1. The second kappa shape index (κ2) is 4.55. The van der Waals surface area contributed by atoms with Crippen LogP contribution in [0.25, 0.3) is 0 Å². The number of hydrogen-bond acceptors (Lipinski definition) is 3. The lowest BCUT2D eigenvalue weighted by Crippen LogP contribution is -2.26. The fraction of sp³-hybridized carbons (Fsp3) is 0.417. The normalized spacial score (nSPS) is 22.6. The maximum absolute atomic E-state index is 11.9. The van der Waals surface area contributed by atoms with E-state index in [0.717, 1.165) is 6.42 Å². The van der Waals surface area contributed by atoms with Gasteiger partial charge in [0.25, 0.3) is 15.0 Å². The van der Waals surface area contributed by atoms with Crippen LogP contribution in [0.15, 0.2) is 23.1 Å². The number of halogens is 1. The van der Waals surface area contributed by atoms with Crippen LogP contribution in [-0.4, -0.2) is 20.4 Å². The standard InChI is InChI=1S/C12H14ClNO3S/c1-7-3-9(6-10(4-7)18(13,16)17)12(15)14-11-5-8(11)2/h3-4,6,8,11H,5H2,1-2H3,(H,14,15). The molecule has 0 radical (unpaired) electrons. The van der Waals surface area contributed by atoms with E-state index in [9.17, 15) is 13.2 Å². The van der Waals surface area contributed by atoms with Gasteiger partial charge in [-0.3, -0.25) is 4.79 Å². The molecule has 0 aromatic heterocycles. The number of hydrogen-bond donors (Lipinski definition) is 1. The minimum Gasteiger partial charge on any atom is -0.349 e. The van der Waals surface area contributed by atoms with Crippen LogP contribution < -0.4 is 5.32 Å². The highest BCUT2D eigenvalue weighted by atomic mass is 35.7. The van der Waals surface area contributed by atoms with E-state index >= 15 is 0 Å². The smallest absolute Gasteiger partial charge is 0.261 e. The molecule has 1 aromatic rings. The fourth-order valence-corrected chi connectivity index (χ4v) is 2.66. The van der Waals surface area contributed by atoms with Crippen molar-refractivity contribution in [3.05, 3.63) is 29.3 Å². The van der Waals surface area contributed by atoms with E-state index in [1.54, 1.807) is 13.0 Å². The summed E-state index contributed by atoms with van der Waals surface area (Å²) < 4.78 is 22.6. The zero-order valence-electron chi connectivity index (χ0n) is 10.1. The zero-order chi connectivity index (χ0) is 13.5. The van der Waals surface area contributed by atoms with Crippen molar-refractivity contribution in [2.24, 2.45) is 5.92 Å². The van der Waals surface area contributed by atoms with E-state index in [1.165, 1.54) is 12.1 Å². The molecular formula is C12H14ClNO3S. The molecule has 2 atom stereocenters. The number of nitrogens with one attached hydrogen (secondary N) is 1. The van der Waals surface area contributed by atoms with Crippen molar-refractivity contribution in [1.82, 2.24) is 5.32 Å². The maximum Gasteiger partial charge on any atom is 0.261 e. The zero-order valence-corrected chi connectivity index (χ0v) is 11.7. The number of aryl methyl sites for hydroxylation is 1. The largest absolute Gasteiger partial charge is 0.349 e. The van der Waals surface area contributed by atoms with Crippen molar-refractivity contribution in [2.75, 3.05) is 0 Å². The molecule has 1 aromatic carbocycles. The summed E-state index contributed by atoms with van der Waals surface area (Å²) in [5, 5.41) is 2.85. The topological polar surface area (TPSA) is 63.2 Å². The van der Waals surface area contributed by atoms with Gasteiger partial charge >= 0.3 is 0 Å². The van der Waals surface area contributed by atoms with Crippen molar-refractivity contribution in [2.45, 2.75) is 31.2 Å². The van der Waals surface area contributed by atoms with Crippen LogP contribution in [0, 0.1) is 12.8 Å². The summed E-state index contributed by atoms with van der Waals surface area (Å²) in [4.78, 5) is 11.9. The molecule has 2 unspecified atom stereocenters. The van der Waals surface area contributed by atoms with Crippen LogP contribution >= 0.6 is 10.7 Å². The Balaban J connectivity index is 2.27. The Morgan fingerprint density at radius 3 is 2.50 bits per heavy atom. The summed E-state index contributed by atoms with van der Waals surface area (Å²) in [5.41, 5.74) is 1.01. The predicted octanol–water partition coefficient (Wildman–Crippen LogP) is 2.06. The molecule has 18 heavy (non-hydrogen) atoms. The fourth-order valence-electron chi connectivity index (χ4n) is 1.79. The van der Waals surface area contributed by atoms with Gasteiger partial charge in [-0.05, 0) is 43.0 Å². The molecule has 2 rings (SSSR count). The first kappa shape index (κ1) is 13.4. The monoisotopic (exact) mass is 287 g/mol. The second-order valence-corrected chi connectivity index (χ2v) is 7.33. The van der Waals surface area contributed by atoms with Crippen LogP contribution in [-0.2, 0) is 9.05 Å². The highest BCUT2D eigenvalue weighted by molar-refractivity contribution is 8.13. The Kier molecular flexibility index (Phi) is 3.38. The minimum absolute atomic E-state index is 0.0434. The molecule has 98 valence electrons. The molecule has 1 aliphatic rings. The molecule has 0 bridgehead atoms. The number of carbonyl (C=O) groups is 1. The Hall–Kier alpha value is -1.07. The molecule has 6 heteroatoms. The van der Waals surface area contributed by atoms with E-state index in [0.29, 0.717) is 17.0 Å². The third kappa shape index (κ3) is 3.03. The Morgan fingerprint density at radius 2 is 2.00 bits per heavy atom. The van der Waals surface area contributed by atoms with Gasteiger partial charge in [-0.2, -0.15) is 0 Å². The van der Waals surface area contributed by atoms with Gasteiger partial charge in [0.1, 0.15) is 0 Å². The summed E-state index contributed by atoms with van der Waals surface area (Å²) in [7, 11) is 1.48. The van der Waals surface area contributed by atoms with Crippen LogP contribution in [0.2, 0.25) is 0 Å². The van der Waals surface area contributed by atoms with Crippen molar-refractivity contribution in [1.29, 1.82) is 0 Å². The molecular weight excluding hydrogens is 274 g/mol. The molecule has 4 nitrogen and oxygen atoms in total. The van der Waals surface area contributed by atoms with E-state index in [4.69, 9.17) is 10.7 Å². The molecule has 1 saturated carbocycles. The molecule has 0 aliphatic heterocycles. The van der Waals surface area contributed by atoms with Gasteiger partial charge in [0, 0.05) is 22.3 Å². The lowest BCUT2D eigenvalue weighted by atomic mass is 10.1. The summed E-state index contributed by atoms with van der Waals surface area (Å²) >= 11 is 0. The summed E-state index contributed by atoms with van der Waals surface area (Å²) in [6.45, 7) is 3.78. The lowest BCUT2D eigenvalue weighted by molar-refractivity contribution is 0.0949. The molecule has 0 spiro atoms. The van der Waals surface area contributed by atoms with E-state index in [-0.39, 0.29) is 16.8 Å². The van der Waals surface area contributed by atoms with Crippen LogP contribution in [0.3, 0.4) is 0 Å². The average Bonchev–Trinajstić information content (AvgIpc) is 2.92. The third-order valence-corrected chi connectivity index (χ3v) is 4.35. The highest BCUT2D eigenvalue weighted by Crippen LogP contribution is 2.29. The first-order valence-corrected chi connectivity index (χ1v) is 7.95. The number of benzene rings is 1. The molecule has 1 aliphatic carbocycles. The molecule has 1 N–H and O–H groups in total. The Morgan fingerprint density at radius 1 is 1.39 bits per heavy atom. The van der Waals surface area contributed by atoms with Crippen molar-refractivity contribution < 1.29 is 13.2 Å². The van der Waals surface area contributed by atoms with Gasteiger partial charge in [-0.15, -0.1) is 0 Å². The first-order valence-electron chi connectivity index (χ1n) is 5.64. The highest BCUT2D eigenvalue weighted by Gasteiger charge is 2.34. The molecule has 1 amide bonds. The van der Waals surface area contributed by atoms with E-state index in [1.807, 2.05) is 0 Å². The van der Waals surface area contributed by atoms with Crippen LogP contribution in [0.1, 0.15) is 29.3 Å². The summed E-state index contributed by atoms with van der Waals surface area (Å²) in [5.74, 6) is 0.240. The maximum atomic E-state index is 11.9. The third-order valence-electron chi connectivity index (χ3n) is 3.02. The number of carbonyl (C=O) groups excluding carboxylic acids is 1. The Bertz CT molecular complexity index is 597. The van der Waals surface area contributed by atoms with Crippen molar-refractivity contribution in [3.63, 3.8) is 0 Å². The second-order valence-electron chi connectivity index (χ2n) is 4.77. The predicted molar refractivity (Wildman–Crippen MR) is 69.3 cm³/mol. The quantitative estimate of drug-likeness (QED) is 0.866. The van der Waals surface area contributed by atoms with E-state index in [2.05, 4.69) is 12.2 Å². The SMILES string of the molecule is Cc1cc(C(=O)NC2CC2C)cc(S(=O)(=O)Cl)c1. The lowest BCUT2D eigenvalue weighted by Gasteiger charge is -2.06. The molecule has 0 saturated heterocycles. The van der Waals surface area contributed by atoms with Gasteiger partial charge in [-0.1, -0.05) is 6.92 Å². The number of rotatable bonds is 3. The minimum atomic E-state index is -3.81. The Labute approximate surface area is 111 Å². The van der Waals surface area contributed by atoms with Crippen LogP contribution in [0.5, 0.6) is 0 Å². The van der Waals surface area contributed by atoms with Gasteiger partial charge in [0.2, 0.25) is 0 Å². The van der Waals surface area contributed by atoms with E-state index < -0.39 is 9.05 Å². The van der Waals surface area contributed by atoms with Crippen LogP contribution in [0.4, 0.5) is 0 Å². The summed E-state index contributed by atoms with van der Waals surface area (Å²) in [6.07, 6.45) is 0.970. The average molecular weight is 288 g/mol. The first-order chi connectivity index (χ1) is 8.27. The molecule has 1 fully saturated rings. The van der Waals surface area contributed by atoms with Gasteiger partial charge in [-0.25, -0.2) is 8.42 Å². The molecule has 0 heterocycles. The van der Waals surface area contributed by atoms with Gasteiger partial charge in [0.05, 0.1) is 4.90 Å². The van der Waals surface area contributed by atoms with Gasteiger partial charge in [0.15, 0.2) is 0 Å². The van der Waals surface area contributed by atoms with Gasteiger partial charge < -0.3 is 5.32 Å². The summed E-state index contributed by atoms with van der Waals surface area (Å²) in [6, 6.07) is 4.60. The van der Waals surface area contributed by atoms with Crippen molar-refractivity contribution in [3.8, 4) is 0 Å².